The van der Waals surface area contributed by atoms with Crippen molar-refractivity contribution in [2.75, 3.05) is 0 Å². The molecule has 0 fully saturated rings. The monoisotopic (exact) mass is 173 g/mol. The molecule has 1 atom stereocenters. The van der Waals surface area contributed by atoms with Crippen molar-refractivity contribution < 1.29 is 9.90 Å². The van der Waals surface area contributed by atoms with Crippen LogP contribution < -0.4 is 5.32 Å². The molecule has 3 nitrogen and oxygen atoms in total. The van der Waals surface area contributed by atoms with E-state index in [1.165, 1.54) is 12.8 Å². The van der Waals surface area contributed by atoms with Crippen molar-refractivity contribution in [3.63, 3.8) is 0 Å². The van der Waals surface area contributed by atoms with E-state index in [0.717, 1.165) is 19.3 Å². The van der Waals surface area contributed by atoms with Crippen molar-refractivity contribution in [3.8, 4) is 0 Å². The molecular formula is C9H19NO2. The first-order chi connectivity index (χ1) is 5.70. The van der Waals surface area contributed by atoms with E-state index in [1.807, 2.05) is 6.92 Å². The number of amides is 1. The van der Waals surface area contributed by atoms with Gasteiger partial charge in [0, 0.05) is 6.04 Å². The van der Waals surface area contributed by atoms with Gasteiger partial charge in [0.2, 0.25) is 0 Å². The van der Waals surface area contributed by atoms with Gasteiger partial charge in [-0.3, -0.25) is 0 Å². The summed E-state index contributed by atoms with van der Waals surface area (Å²) in [6.45, 7) is 4.15. The number of hydrogen-bond acceptors (Lipinski definition) is 1. The number of unbranched alkanes of at least 4 members (excludes halogenated alkanes) is 2. The first-order valence-electron chi connectivity index (χ1n) is 4.70. The highest BCUT2D eigenvalue weighted by Crippen LogP contribution is 2.05. The lowest BCUT2D eigenvalue weighted by Crippen LogP contribution is -2.32. The van der Waals surface area contributed by atoms with E-state index in [4.69, 9.17) is 5.11 Å². The van der Waals surface area contributed by atoms with Crippen LogP contribution in [0.25, 0.3) is 0 Å². The zero-order valence-corrected chi connectivity index (χ0v) is 7.97. The van der Waals surface area contributed by atoms with Crippen molar-refractivity contribution in [1.82, 2.24) is 5.32 Å². The Hall–Kier alpha value is -0.730. The van der Waals surface area contributed by atoms with Gasteiger partial charge in [0.05, 0.1) is 0 Å². The molecule has 0 bridgehead atoms. The fourth-order valence-corrected chi connectivity index (χ4v) is 1.19. The average molecular weight is 173 g/mol. The maximum Gasteiger partial charge on any atom is 0.404 e. The van der Waals surface area contributed by atoms with Gasteiger partial charge in [0.25, 0.3) is 0 Å². The summed E-state index contributed by atoms with van der Waals surface area (Å²) in [4.78, 5) is 10.3. The molecule has 0 unspecified atom stereocenters. The normalized spacial score (nSPS) is 12.5. The molecule has 1 amide bonds. The van der Waals surface area contributed by atoms with Crippen molar-refractivity contribution >= 4 is 6.09 Å². The summed E-state index contributed by atoms with van der Waals surface area (Å²) < 4.78 is 0. The van der Waals surface area contributed by atoms with E-state index in [2.05, 4.69) is 12.2 Å². The maximum absolute atomic E-state index is 10.3. The van der Waals surface area contributed by atoms with Crippen LogP contribution in [0.5, 0.6) is 0 Å². The lowest BCUT2D eigenvalue weighted by Gasteiger charge is -2.13. The summed E-state index contributed by atoms with van der Waals surface area (Å²) in [5.74, 6) is 0. The van der Waals surface area contributed by atoms with Gasteiger partial charge < -0.3 is 10.4 Å². The molecule has 0 aromatic rings. The molecule has 0 radical (unpaired) electrons. The number of hydrogen-bond donors (Lipinski definition) is 2. The predicted octanol–water partition coefficient (Wildman–Crippen LogP) is 2.61. The molecule has 12 heavy (non-hydrogen) atoms. The summed E-state index contributed by atoms with van der Waals surface area (Å²) >= 11 is 0. The maximum atomic E-state index is 10.3. The average Bonchev–Trinajstić information content (AvgIpc) is 2.02. The Morgan fingerprint density at radius 2 is 2.08 bits per heavy atom. The van der Waals surface area contributed by atoms with Gasteiger partial charge in [0.1, 0.15) is 0 Å². The predicted molar refractivity (Wildman–Crippen MR) is 49.4 cm³/mol. The molecule has 0 saturated carbocycles. The smallest absolute Gasteiger partial charge is 0.404 e. The molecule has 0 spiro atoms. The van der Waals surface area contributed by atoms with Gasteiger partial charge in [-0.1, -0.05) is 33.1 Å². The molecule has 0 aliphatic rings. The SMILES string of the molecule is CCCCC[C@@H](CC)NC(=O)O. The highest BCUT2D eigenvalue weighted by Gasteiger charge is 2.07. The van der Waals surface area contributed by atoms with E-state index in [9.17, 15) is 4.79 Å². The van der Waals surface area contributed by atoms with Crippen LogP contribution in [0, 0.1) is 0 Å². The summed E-state index contributed by atoms with van der Waals surface area (Å²) in [6, 6.07) is 0.147. The van der Waals surface area contributed by atoms with Gasteiger partial charge in [-0.2, -0.15) is 0 Å². The number of rotatable bonds is 6. The summed E-state index contributed by atoms with van der Waals surface area (Å²) in [5, 5.41) is 11.0. The lowest BCUT2D eigenvalue weighted by molar-refractivity contribution is 0.188. The van der Waals surface area contributed by atoms with E-state index in [1.54, 1.807) is 0 Å². The summed E-state index contributed by atoms with van der Waals surface area (Å²) in [7, 11) is 0. The lowest BCUT2D eigenvalue weighted by atomic mass is 10.1. The molecule has 3 heteroatoms. The topological polar surface area (TPSA) is 49.3 Å². The molecule has 72 valence electrons. The van der Waals surface area contributed by atoms with E-state index < -0.39 is 6.09 Å². The van der Waals surface area contributed by atoms with Crippen LogP contribution in [0.4, 0.5) is 4.79 Å². The van der Waals surface area contributed by atoms with Gasteiger partial charge >= 0.3 is 6.09 Å². The second-order valence-electron chi connectivity index (χ2n) is 3.05. The number of nitrogens with one attached hydrogen (secondary N) is 1. The van der Waals surface area contributed by atoms with Gasteiger partial charge in [0.15, 0.2) is 0 Å². The molecule has 0 aromatic heterocycles. The number of carboxylic acid groups (broad SMARTS) is 1. The van der Waals surface area contributed by atoms with Crippen LogP contribution in [0.2, 0.25) is 0 Å². The fourth-order valence-electron chi connectivity index (χ4n) is 1.19. The van der Waals surface area contributed by atoms with Gasteiger partial charge in [-0.15, -0.1) is 0 Å². The Morgan fingerprint density at radius 1 is 1.42 bits per heavy atom. The van der Waals surface area contributed by atoms with Gasteiger partial charge in [-0.05, 0) is 12.8 Å². The second-order valence-corrected chi connectivity index (χ2v) is 3.05. The van der Waals surface area contributed by atoms with Crippen LogP contribution in [0.3, 0.4) is 0 Å². The third kappa shape index (κ3) is 6.01. The van der Waals surface area contributed by atoms with Gasteiger partial charge in [-0.25, -0.2) is 4.79 Å². The Labute approximate surface area is 74.2 Å². The molecule has 0 aliphatic heterocycles. The van der Waals surface area contributed by atoms with E-state index in [-0.39, 0.29) is 6.04 Å². The quantitative estimate of drug-likeness (QED) is 0.606. The van der Waals surface area contributed by atoms with E-state index >= 15 is 0 Å². The molecule has 0 heterocycles. The van der Waals surface area contributed by atoms with Crippen LogP contribution >= 0.6 is 0 Å². The van der Waals surface area contributed by atoms with Crippen LogP contribution in [0.15, 0.2) is 0 Å². The zero-order valence-electron chi connectivity index (χ0n) is 7.97. The van der Waals surface area contributed by atoms with Crippen LogP contribution in [0.1, 0.15) is 46.0 Å². The molecule has 0 aliphatic carbocycles. The van der Waals surface area contributed by atoms with Crippen molar-refractivity contribution in [3.05, 3.63) is 0 Å². The van der Waals surface area contributed by atoms with Crippen molar-refractivity contribution in [1.29, 1.82) is 0 Å². The molecular weight excluding hydrogens is 154 g/mol. The third-order valence-corrected chi connectivity index (χ3v) is 1.98. The highest BCUT2D eigenvalue weighted by molar-refractivity contribution is 5.64. The zero-order chi connectivity index (χ0) is 9.40. The molecule has 0 saturated heterocycles. The summed E-state index contributed by atoms with van der Waals surface area (Å²) in [6.07, 6.45) is 4.45. The Balaban J connectivity index is 3.46. The van der Waals surface area contributed by atoms with Crippen molar-refractivity contribution in [2.24, 2.45) is 0 Å². The fraction of sp³-hybridized carbons (Fsp3) is 0.889. The Kier molecular flexibility index (Phi) is 6.53. The molecule has 2 N–H and O–H groups in total. The standard InChI is InChI=1S/C9H19NO2/c1-3-5-6-7-8(4-2)10-9(11)12/h8,10H,3-7H2,1-2H3,(H,11,12)/t8-/m1/s1. The number of carbonyl (C=O) groups is 1. The highest BCUT2D eigenvalue weighted by atomic mass is 16.4. The Morgan fingerprint density at radius 3 is 2.50 bits per heavy atom. The molecule has 0 rings (SSSR count). The van der Waals surface area contributed by atoms with Crippen LogP contribution in [-0.2, 0) is 0 Å². The minimum Gasteiger partial charge on any atom is -0.465 e. The minimum atomic E-state index is -0.904. The first-order valence-corrected chi connectivity index (χ1v) is 4.70. The van der Waals surface area contributed by atoms with Crippen LogP contribution in [-0.4, -0.2) is 17.2 Å². The minimum absolute atomic E-state index is 0.147. The molecule has 0 aromatic carbocycles. The first kappa shape index (κ1) is 11.3. The Bertz CT molecular complexity index is 126. The van der Waals surface area contributed by atoms with Crippen molar-refractivity contribution in [2.45, 2.75) is 52.0 Å². The third-order valence-electron chi connectivity index (χ3n) is 1.98. The second kappa shape index (κ2) is 6.95. The largest absolute Gasteiger partial charge is 0.465 e. The van der Waals surface area contributed by atoms with E-state index in [0.29, 0.717) is 0 Å². The summed E-state index contributed by atoms with van der Waals surface area (Å²) in [5.41, 5.74) is 0.